The van der Waals surface area contributed by atoms with Crippen LogP contribution >= 0.6 is 35.6 Å². The van der Waals surface area contributed by atoms with E-state index in [2.05, 4.69) is 0 Å². The third-order valence-electron chi connectivity index (χ3n) is 5.15. The number of thiocarbonyl (C=S) groups is 1. The summed E-state index contributed by atoms with van der Waals surface area (Å²) in [4.78, 5) is 40.2. The summed E-state index contributed by atoms with van der Waals surface area (Å²) in [6.45, 7) is 1.34. The highest BCUT2D eigenvalue weighted by Gasteiger charge is 2.35. The van der Waals surface area contributed by atoms with Crippen molar-refractivity contribution in [2.24, 2.45) is 0 Å². The highest BCUT2D eigenvalue weighted by Crippen LogP contribution is 2.33. The predicted octanol–water partition coefficient (Wildman–Crippen LogP) is 3.51. The van der Waals surface area contributed by atoms with Gasteiger partial charge in [0.25, 0.3) is 11.5 Å². The van der Waals surface area contributed by atoms with Gasteiger partial charge in [-0.15, -0.1) is 0 Å². The van der Waals surface area contributed by atoms with Crippen molar-refractivity contribution in [3.63, 3.8) is 0 Å². The minimum absolute atomic E-state index is 0.0542. The van der Waals surface area contributed by atoms with Crippen molar-refractivity contribution in [3.05, 3.63) is 66.8 Å². The topological polar surface area (TPSA) is 113 Å². The lowest BCUT2D eigenvalue weighted by molar-refractivity contribution is -0.121. The number of ketones is 1. The first kappa shape index (κ1) is 25.6. The Labute approximate surface area is 210 Å². The predicted molar refractivity (Wildman–Crippen MR) is 134 cm³/mol. The number of ether oxygens (including phenoxy) is 1. The Balaban J connectivity index is 1.91. The smallest absolute Gasteiger partial charge is 0.271 e. The quantitative estimate of drug-likeness (QED) is 0.245. The molecular weight excluding hydrogens is 498 g/mol. The maximum Gasteiger partial charge on any atom is 0.271 e. The molecule has 1 amide bonds. The van der Waals surface area contributed by atoms with Crippen LogP contribution in [-0.4, -0.2) is 50.8 Å². The van der Waals surface area contributed by atoms with E-state index in [1.807, 2.05) is 6.07 Å². The largest absolute Gasteiger partial charge is 0.494 e. The van der Waals surface area contributed by atoms with Crippen LogP contribution in [0.4, 0.5) is 0 Å². The molecular formula is C23H20ClN3O5S2. The van der Waals surface area contributed by atoms with Crippen LogP contribution in [0.25, 0.3) is 6.08 Å². The molecule has 1 saturated heterocycles. The number of pyridine rings is 1. The maximum absolute atomic E-state index is 13.2. The van der Waals surface area contributed by atoms with Gasteiger partial charge in [-0.1, -0.05) is 47.7 Å². The highest BCUT2D eigenvalue weighted by molar-refractivity contribution is 8.26. The third kappa shape index (κ3) is 5.23. The lowest BCUT2D eigenvalue weighted by Gasteiger charge is -2.18. The molecule has 1 aliphatic rings. The van der Waals surface area contributed by atoms with Gasteiger partial charge in [0, 0.05) is 25.3 Å². The Morgan fingerprint density at radius 3 is 2.62 bits per heavy atom. The van der Waals surface area contributed by atoms with Crippen molar-refractivity contribution >= 4 is 57.7 Å². The summed E-state index contributed by atoms with van der Waals surface area (Å²) in [6.07, 6.45) is 2.03. The van der Waals surface area contributed by atoms with Crippen molar-refractivity contribution in [1.82, 2.24) is 9.47 Å². The van der Waals surface area contributed by atoms with Crippen molar-refractivity contribution in [1.29, 1.82) is 5.26 Å². The number of hydrogen-bond acceptors (Lipinski definition) is 8. The molecule has 176 valence electrons. The van der Waals surface area contributed by atoms with Gasteiger partial charge in [0.2, 0.25) is 5.88 Å². The third-order valence-corrected chi connectivity index (χ3v) is 6.78. The average molecular weight is 518 g/mol. The number of rotatable bonds is 8. The van der Waals surface area contributed by atoms with Crippen LogP contribution in [0.3, 0.4) is 0 Å². The lowest BCUT2D eigenvalue weighted by Crippen LogP contribution is -2.35. The number of thioether (sulfide) groups is 1. The second-order valence-electron chi connectivity index (χ2n) is 7.36. The Morgan fingerprint density at radius 2 is 2.00 bits per heavy atom. The van der Waals surface area contributed by atoms with Crippen LogP contribution in [0.15, 0.2) is 34.0 Å². The van der Waals surface area contributed by atoms with E-state index in [1.165, 1.54) is 14.0 Å². The molecule has 0 bridgehead atoms. The molecule has 0 saturated carbocycles. The summed E-state index contributed by atoms with van der Waals surface area (Å²) >= 11 is 12.2. The van der Waals surface area contributed by atoms with E-state index in [4.69, 9.17) is 28.6 Å². The van der Waals surface area contributed by atoms with E-state index in [9.17, 15) is 24.8 Å². The zero-order chi connectivity index (χ0) is 25.0. The summed E-state index contributed by atoms with van der Waals surface area (Å²) in [7, 11) is 1.50. The van der Waals surface area contributed by atoms with Crippen LogP contribution in [0.2, 0.25) is 5.02 Å². The SMILES string of the molecule is COCCCn1c(O)c(C(=O)CN2C(=O)/C(=C/c3ccc(Cl)cc3)SC2=S)c(C)c(C#N)c1=O. The molecule has 2 heterocycles. The van der Waals surface area contributed by atoms with Crippen LogP contribution in [-0.2, 0) is 16.1 Å². The fraction of sp³-hybridized carbons (Fsp3) is 0.261. The number of aromatic nitrogens is 1. The molecule has 0 atom stereocenters. The number of methoxy groups -OCH3 is 1. The molecule has 1 aromatic heterocycles. The Kier molecular flexibility index (Phi) is 8.28. The molecule has 0 spiro atoms. The van der Waals surface area contributed by atoms with Gasteiger partial charge in [-0.25, -0.2) is 0 Å². The van der Waals surface area contributed by atoms with E-state index in [0.717, 1.165) is 26.8 Å². The number of carbonyl (C=O) groups is 2. The van der Waals surface area contributed by atoms with Gasteiger partial charge in [0.1, 0.15) is 16.0 Å². The van der Waals surface area contributed by atoms with E-state index < -0.39 is 29.7 Å². The van der Waals surface area contributed by atoms with E-state index in [1.54, 1.807) is 30.3 Å². The molecule has 34 heavy (non-hydrogen) atoms. The molecule has 1 fully saturated rings. The minimum Gasteiger partial charge on any atom is -0.494 e. The molecule has 2 aromatic rings. The number of amides is 1. The molecule has 8 nitrogen and oxygen atoms in total. The van der Waals surface area contributed by atoms with Crippen LogP contribution in [0.5, 0.6) is 5.88 Å². The first-order valence-electron chi connectivity index (χ1n) is 10.1. The normalized spacial score (nSPS) is 14.6. The van der Waals surface area contributed by atoms with E-state index >= 15 is 0 Å². The van der Waals surface area contributed by atoms with Gasteiger partial charge < -0.3 is 9.84 Å². The first-order chi connectivity index (χ1) is 16.2. The zero-order valence-electron chi connectivity index (χ0n) is 18.3. The first-order valence-corrected chi connectivity index (χ1v) is 11.7. The summed E-state index contributed by atoms with van der Waals surface area (Å²) in [5.41, 5.74) is -0.329. The van der Waals surface area contributed by atoms with Gasteiger partial charge in [0.15, 0.2) is 5.78 Å². The monoisotopic (exact) mass is 517 g/mol. The average Bonchev–Trinajstić information content (AvgIpc) is 3.05. The number of carbonyl (C=O) groups excluding carboxylic acids is 2. The second kappa shape index (κ2) is 11.0. The Morgan fingerprint density at radius 1 is 1.32 bits per heavy atom. The zero-order valence-corrected chi connectivity index (χ0v) is 20.7. The van der Waals surface area contributed by atoms with Gasteiger partial charge in [-0.05, 0) is 42.7 Å². The number of hydrogen-bond donors (Lipinski definition) is 1. The van der Waals surface area contributed by atoms with Crippen molar-refractivity contribution in [2.45, 2.75) is 19.9 Å². The molecule has 1 N–H and O–H groups in total. The highest BCUT2D eigenvalue weighted by atomic mass is 35.5. The standard InChI is InChI=1S/C23H20ClN3O5S2/c1-13-16(11-25)20(29)26(8-3-9-32-2)22(31)19(13)17(28)12-27-21(30)18(34-23(27)33)10-14-4-6-15(24)7-5-14/h4-7,10,31H,3,8-9,12H2,1-2H3/b18-10-. The van der Waals surface area contributed by atoms with Crippen LogP contribution in [0, 0.1) is 18.3 Å². The van der Waals surface area contributed by atoms with Crippen LogP contribution in [0.1, 0.15) is 33.5 Å². The van der Waals surface area contributed by atoms with Crippen molar-refractivity contribution in [3.8, 4) is 11.9 Å². The lowest BCUT2D eigenvalue weighted by atomic mass is 10.0. The van der Waals surface area contributed by atoms with E-state index in [0.29, 0.717) is 23.0 Å². The second-order valence-corrected chi connectivity index (χ2v) is 9.47. The fourth-order valence-electron chi connectivity index (χ4n) is 3.43. The Hall–Kier alpha value is -2.97. The summed E-state index contributed by atoms with van der Waals surface area (Å²) < 4.78 is 6.13. The summed E-state index contributed by atoms with van der Waals surface area (Å²) in [6, 6.07) is 8.69. The van der Waals surface area contributed by atoms with Gasteiger partial charge in [0.05, 0.1) is 17.0 Å². The number of nitrogens with zero attached hydrogens (tertiary/aromatic N) is 3. The number of aromatic hydroxyl groups is 1. The van der Waals surface area contributed by atoms with Crippen LogP contribution < -0.4 is 5.56 Å². The molecule has 0 unspecified atom stereocenters. The maximum atomic E-state index is 13.2. The van der Waals surface area contributed by atoms with Gasteiger partial charge in [-0.3, -0.25) is 23.9 Å². The summed E-state index contributed by atoms with van der Waals surface area (Å²) in [5.74, 6) is -1.65. The Bertz CT molecular complexity index is 1300. The number of Topliss-reactive ketones (excluding diaryl/α,β-unsaturated/α-hetero) is 1. The molecule has 1 aromatic carbocycles. The number of nitriles is 1. The minimum atomic E-state index is -0.693. The summed E-state index contributed by atoms with van der Waals surface area (Å²) in [5, 5.41) is 20.8. The molecule has 1 aliphatic heterocycles. The van der Waals surface area contributed by atoms with Gasteiger partial charge in [-0.2, -0.15) is 5.26 Å². The van der Waals surface area contributed by atoms with Gasteiger partial charge >= 0.3 is 0 Å². The number of benzene rings is 1. The number of halogens is 1. The fourth-order valence-corrected chi connectivity index (χ4v) is 4.81. The van der Waals surface area contributed by atoms with Crippen molar-refractivity contribution in [2.75, 3.05) is 20.3 Å². The van der Waals surface area contributed by atoms with E-state index in [-0.39, 0.29) is 27.6 Å². The molecule has 0 radical (unpaired) electrons. The molecule has 3 rings (SSSR count). The molecule has 11 heteroatoms. The van der Waals surface area contributed by atoms with Crippen molar-refractivity contribution < 1.29 is 19.4 Å². The molecule has 0 aliphatic carbocycles.